The van der Waals surface area contributed by atoms with Crippen LogP contribution < -0.4 is 5.32 Å². The molecule has 0 radical (unpaired) electrons. The summed E-state index contributed by atoms with van der Waals surface area (Å²) in [6, 6.07) is 6.08. The summed E-state index contributed by atoms with van der Waals surface area (Å²) >= 11 is 5.22. The van der Waals surface area contributed by atoms with Crippen molar-refractivity contribution in [2.75, 3.05) is 5.32 Å². The number of rotatable bonds is 3. The van der Waals surface area contributed by atoms with Gasteiger partial charge in [-0.25, -0.2) is 4.98 Å². The van der Waals surface area contributed by atoms with Gasteiger partial charge in [0, 0.05) is 11.1 Å². The van der Waals surface area contributed by atoms with Crippen LogP contribution in [0.3, 0.4) is 0 Å². The van der Waals surface area contributed by atoms with E-state index in [0.717, 1.165) is 16.8 Å². The third kappa shape index (κ3) is 2.79. The van der Waals surface area contributed by atoms with Gasteiger partial charge in [0.15, 0.2) is 0 Å². The number of pyridine rings is 1. The van der Waals surface area contributed by atoms with Crippen LogP contribution in [0.15, 0.2) is 34.2 Å². The van der Waals surface area contributed by atoms with Gasteiger partial charge in [0.05, 0.1) is 11.0 Å². The van der Waals surface area contributed by atoms with Crippen LogP contribution in [0.5, 0.6) is 0 Å². The minimum atomic E-state index is 0.828. The van der Waals surface area contributed by atoms with Gasteiger partial charge in [0.1, 0.15) is 5.82 Å². The smallest absolute Gasteiger partial charge is 0.140 e. The average molecular weight is 283 g/mol. The molecule has 0 aliphatic heterocycles. The minimum absolute atomic E-state index is 0.828. The molecule has 0 fully saturated rings. The quantitative estimate of drug-likeness (QED) is 0.926. The largest absolute Gasteiger partial charge is 0.364 e. The molecule has 2 aromatic rings. The van der Waals surface area contributed by atoms with Crippen molar-refractivity contribution in [2.45, 2.75) is 13.5 Å². The summed E-state index contributed by atoms with van der Waals surface area (Å²) in [6.07, 6.45) is 1.78. The molecule has 4 heteroatoms. The highest BCUT2D eigenvalue weighted by atomic mass is 79.9. The third-order valence-electron chi connectivity index (χ3n) is 1.97. The molecular weight excluding hydrogens is 272 g/mol. The minimum Gasteiger partial charge on any atom is -0.364 e. The highest BCUT2D eigenvalue weighted by Gasteiger charge is 2.00. The average Bonchev–Trinajstić information content (AvgIpc) is 2.63. The van der Waals surface area contributed by atoms with Crippen molar-refractivity contribution in [3.8, 4) is 0 Å². The Kier molecular flexibility index (Phi) is 3.38. The van der Waals surface area contributed by atoms with Crippen molar-refractivity contribution in [3.63, 3.8) is 0 Å². The van der Waals surface area contributed by atoms with Gasteiger partial charge in [-0.15, -0.1) is 11.3 Å². The molecule has 15 heavy (non-hydrogen) atoms. The molecule has 1 N–H and O–H groups in total. The Morgan fingerprint density at radius 2 is 2.40 bits per heavy atom. The Hall–Kier alpha value is -0.870. The maximum atomic E-state index is 4.25. The number of halogens is 1. The van der Waals surface area contributed by atoms with Crippen LogP contribution in [0, 0.1) is 6.92 Å². The number of nitrogens with one attached hydrogen (secondary N) is 1. The lowest BCUT2D eigenvalue weighted by molar-refractivity contribution is 1.13. The van der Waals surface area contributed by atoms with Crippen LogP contribution in [-0.4, -0.2) is 4.98 Å². The number of hydrogen-bond donors (Lipinski definition) is 1. The summed E-state index contributed by atoms with van der Waals surface area (Å²) in [4.78, 5) is 5.57. The second-order valence-corrected chi connectivity index (χ2v) is 5.13. The predicted octanol–water partition coefficient (Wildman–Crippen LogP) is 3.83. The van der Waals surface area contributed by atoms with E-state index >= 15 is 0 Å². The molecular formula is C11H11BrN2S. The first-order valence-electron chi connectivity index (χ1n) is 4.64. The van der Waals surface area contributed by atoms with Crippen LogP contribution in [0.1, 0.15) is 10.4 Å². The Bertz CT molecular complexity index is 453. The number of nitrogens with zero attached hydrogens (tertiary/aromatic N) is 1. The van der Waals surface area contributed by atoms with Crippen LogP contribution >= 0.6 is 27.3 Å². The lowest BCUT2D eigenvalue weighted by atomic mass is 10.3. The van der Waals surface area contributed by atoms with Crippen molar-refractivity contribution in [3.05, 3.63) is 44.7 Å². The zero-order chi connectivity index (χ0) is 10.7. The van der Waals surface area contributed by atoms with Crippen molar-refractivity contribution in [1.29, 1.82) is 0 Å². The standard InChI is InChI=1S/C11H11BrN2S/c1-8-5-9(15-7-8)6-14-11-10(12)3-2-4-13-11/h2-5,7H,6H2,1H3,(H,13,14). The number of aromatic nitrogens is 1. The molecule has 2 heterocycles. The van der Waals surface area contributed by atoms with Gasteiger partial charge in [-0.3, -0.25) is 0 Å². The Balaban J connectivity index is 2.02. The fraction of sp³-hybridized carbons (Fsp3) is 0.182. The molecule has 0 bridgehead atoms. The van der Waals surface area contributed by atoms with E-state index in [1.807, 2.05) is 12.1 Å². The molecule has 2 nitrogen and oxygen atoms in total. The van der Waals surface area contributed by atoms with Crippen molar-refractivity contribution < 1.29 is 0 Å². The van der Waals surface area contributed by atoms with Gasteiger partial charge in [0.2, 0.25) is 0 Å². The van der Waals surface area contributed by atoms with Crippen molar-refractivity contribution in [2.24, 2.45) is 0 Å². The molecule has 0 spiro atoms. The van der Waals surface area contributed by atoms with Gasteiger partial charge in [0.25, 0.3) is 0 Å². The summed E-state index contributed by atoms with van der Waals surface area (Å²) in [6.45, 7) is 2.94. The van der Waals surface area contributed by atoms with E-state index in [2.05, 4.69) is 44.6 Å². The molecule has 0 aromatic carbocycles. The van der Waals surface area contributed by atoms with E-state index in [9.17, 15) is 0 Å². The zero-order valence-electron chi connectivity index (χ0n) is 8.33. The third-order valence-corrected chi connectivity index (χ3v) is 3.67. The fourth-order valence-corrected chi connectivity index (χ4v) is 2.48. The maximum absolute atomic E-state index is 4.25. The molecule has 0 aliphatic carbocycles. The molecule has 0 saturated carbocycles. The highest BCUT2D eigenvalue weighted by Crippen LogP contribution is 2.20. The first kappa shape index (κ1) is 10.6. The summed E-state index contributed by atoms with van der Waals surface area (Å²) in [5.41, 5.74) is 1.32. The molecule has 0 atom stereocenters. The number of thiophene rings is 1. The number of hydrogen-bond acceptors (Lipinski definition) is 3. The predicted molar refractivity (Wildman–Crippen MR) is 68.3 cm³/mol. The van der Waals surface area contributed by atoms with E-state index < -0.39 is 0 Å². The molecule has 0 unspecified atom stereocenters. The highest BCUT2D eigenvalue weighted by molar-refractivity contribution is 9.10. The SMILES string of the molecule is Cc1csc(CNc2ncccc2Br)c1. The Labute approximate surface area is 101 Å². The summed E-state index contributed by atoms with van der Waals surface area (Å²) in [5, 5.41) is 5.45. The van der Waals surface area contributed by atoms with Crippen molar-refractivity contribution >= 4 is 33.1 Å². The Morgan fingerprint density at radius 3 is 3.07 bits per heavy atom. The summed E-state index contributed by atoms with van der Waals surface area (Å²) in [5.74, 6) is 0.892. The first-order chi connectivity index (χ1) is 7.25. The molecule has 0 amide bonds. The summed E-state index contributed by atoms with van der Waals surface area (Å²) in [7, 11) is 0. The van der Waals surface area contributed by atoms with E-state index in [0.29, 0.717) is 0 Å². The van der Waals surface area contributed by atoms with Crippen LogP contribution in [0.2, 0.25) is 0 Å². The first-order valence-corrected chi connectivity index (χ1v) is 6.31. The van der Waals surface area contributed by atoms with Crippen LogP contribution in [0.4, 0.5) is 5.82 Å². The van der Waals surface area contributed by atoms with E-state index in [4.69, 9.17) is 0 Å². The van der Waals surface area contributed by atoms with E-state index in [1.54, 1.807) is 17.5 Å². The second kappa shape index (κ2) is 4.77. The Morgan fingerprint density at radius 1 is 1.53 bits per heavy atom. The van der Waals surface area contributed by atoms with Crippen LogP contribution in [-0.2, 0) is 6.54 Å². The van der Waals surface area contributed by atoms with Gasteiger partial charge in [-0.1, -0.05) is 0 Å². The molecule has 78 valence electrons. The molecule has 2 rings (SSSR count). The van der Waals surface area contributed by atoms with Gasteiger partial charge >= 0.3 is 0 Å². The summed E-state index contributed by atoms with van der Waals surface area (Å²) < 4.78 is 0.998. The topological polar surface area (TPSA) is 24.9 Å². The lowest BCUT2D eigenvalue weighted by Gasteiger charge is -2.04. The molecule has 2 aromatic heterocycles. The van der Waals surface area contributed by atoms with E-state index in [1.165, 1.54) is 10.4 Å². The maximum Gasteiger partial charge on any atom is 0.140 e. The van der Waals surface area contributed by atoms with Gasteiger partial charge in [-0.2, -0.15) is 0 Å². The van der Waals surface area contributed by atoms with Crippen molar-refractivity contribution in [1.82, 2.24) is 4.98 Å². The van der Waals surface area contributed by atoms with Gasteiger partial charge in [-0.05, 0) is 52.0 Å². The van der Waals surface area contributed by atoms with Crippen LogP contribution in [0.25, 0.3) is 0 Å². The molecule has 0 saturated heterocycles. The van der Waals surface area contributed by atoms with Gasteiger partial charge < -0.3 is 5.32 Å². The molecule has 0 aliphatic rings. The monoisotopic (exact) mass is 282 g/mol. The fourth-order valence-electron chi connectivity index (χ4n) is 1.27. The zero-order valence-corrected chi connectivity index (χ0v) is 10.7. The van der Waals surface area contributed by atoms with E-state index in [-0.39, 0.29) is 0 Å². The number of anilines is 1. The normalized spacial score (nSPS) is 10.3. The lowest BCUT2D eigenvalue weighted by Crippen LogP contribution is -1.99. The second-order valence-electron chi connectivity index (χ2n) is 3.28. The number of aryl methyl sites for hydroxylation is 1.